The summed E-state index contributed by atoms with van der Waals surface area (Å²) in [6, 6.07) is 15.8. The number of amides is 1. The van der Waals surface area contributed by atoms with Crippen molar-refractivity contribution in [1.82, 2.24) is 5.32 Å². The summed E-state index contributed by atoms with van der Waals surface area (Å²) in [5.41, 5.74) is 0.809. The van der Waals surface area contributed by atoms with Gasteiger partial charge in [-0.05, 0) is 50.6 Å². The highest BCUT2D eigenvalue weighted by Gasteiger charge is 2.23. The van der Waals surface area contributed by atoms with Crippen molar-refractivity contribution in [2.75, 3.05) is 7.11 Å². The van der Waals surface area contributed by atoms with Crippen LogP contribution in [0.4, 0.5) is 4.79 Å². The molecule has 26 heavy (non-hydrogen) atoms. The maximum Gasteiger partial charge on any atom is 0.408 e. The number of Topliss-reactive ketones (excluding diaryl/α,β-unsaturated/α-hetero) is 1. The van der Waals surface area contributed by atoms with E-state index in [2.05, 4.69) is 5.32 Å². The van der Waals surface area contributed by atoms with Crippen LogP contribution in [0.3, 0.4) is 0 Å². The van der Waals surface area contributed by atoms with E-state index < -0.39 is 17.7 Å². The van der Waals surface area contributed by atoms with E-state index in [-0.39, 0.29) is 12.2 Å². The summed E-state index contributed by atoms with van der Waals surface area (Å²) < 4.78 is 10.4. The summed E-state index contributed by atoms with van der Waals surface area (Å²) in [5.74, 6) is 0.616. The average Bonchev–Trinajstić information content (AvgIpc) is 2.60. The third-order valence-corrected chi connectivity index (χ3v) is 3.69. The molecule has 1 atom stereocenters. The highest BCUT2D eigenvalue weighted by molar-refractivity contribution is 5.96. The first kappa shape index (κ1) is 19.5. The van der Waals surface area contributed by atoms with E-state index in [1.54, 1.807) is 52.1 Å². The van der Waals surface area contributed by atoms with Crippen LogP contribution in [0.2, 0.25) is 0 Å². The molecule has 0 aromatic heterocycles. The van der Waals surface area contributed by atoms with Gasteiger partial charge in [0.25, 0.3) is 0 Å². The van der Waals surface area contributed by atoms with Gasteiger partial charge in [0, 0.05) is 12.0 Å². The van der Waals surface area contributed by atoms with Gasteiger partial charge in [-0.3, -0.25) is 4.79 Å². The summed E-state index contributed by atoms with van der Waals surface area (Å²) in [6.45, 7) is 5.39. The molecule has 0 heterocycles. The fourth-order valence-corrected chi connectivity index (χ4v) is 2.47. The Morgan fingerprint density at radius 3 is 2.15 bits per heavy atom. The van der Waals surface area contributed by atoms with Crippen molar-refractivity contribution in [2.45, 2.75) is 38.8 Å². The van der Waals surface area contributed by atoms with Crippen molar-refractivity contribution in [3.8, 4) is 5.75 Å². The predicted molar refractivity (Wildman–Crippen MR) is 100 cm³/mol. The van der Waals surface area contributed by atoms with E-state index in [0.717, 1.165) is 5.56 Å². The van der Waals surface area contributed by atoms with Gasteiger partial charge in [0.1, 0.15) is 11.4 Å². The monoisotopic (exact) mass is 355 g/mol. The van der Waals surface area contributed by atoms with Gasteiger partial charge in [0.2, 0.25) is 0 Å². The first-order chi connectivity index (χ1) is 12.3. The lowest BCUT2D eigenvalue weighted by Crippen LogP contribution is -2.35. The molecule has 0 aliphatic rings. The van der Waals surface area contributed by atoms with E-state index in [1.807, 2.05) is 30.3 Å². The zero-order valence-electron chi connectivity index (χ0n) is 15.6. The second-order valence-corrected chi connectivity index (χ2v) is 6.97. The van der Waals surface area contributed by atoms with Crippen molar-refractivity contribution < 1.29 is 19.1 Å². The molecule has 0 bridgehead atoms. The van der Waals surface area contributed by atoms with Crippen LogP contribution in [0.25, 0.3) is 0 Å². The number of hydrogen-bond donors (Lipinski definition) is 1. The minimum absolute atomic E-state index is 0.0717. The van der Waals surface area contributed by atoms with Gasteiger partial charge < -0.3 is 14.8 Å². The molecular weight excluding hydrogens is 330 g/mol. The molecule has 138 valence electrons. The van der Waals surface area contributed by atoms with Crippen LogP contribution < -0.4 is 10.1 Å². The number of hydrogen-bond acceptors (Lipinski definition) is 4. The molecule has 0 saturated heterocycles. The van der Waals surface area contributed by atoms with E-state index in [9.17, 15) is 9.59 Å². The van der Waals surface area contributed by atoms with Crippen LogP contribution in [0, 0.1) is 0 Å². The van der Waals surface area contributed by atoms with Crippen LogP contribution in [-0.2, 0) is 4.74 Å². The SMILES string of the molecule is COc1ccc(C(=O)C[C@@H](NC(=O)OC(C)(C)C)c2ccccc2)cc1. The molecule has 0 spiro atoms. The van der Waals surface area contributed by atoms with Crippen LogP contribution in [0.15, 0.2) is 54.6 Å². The Morgan fingerprint density at radius 2 is 1.62 bits per heavy atom. The summed E-state index contributed by atoms with van der Waals surface area (Å²) in [5, 5.41) is 2.81. The average molecular weight is 355 g/mol. The number of carbonyl (C=O) groups is 2. The molecule has 2 aromatic rings. The number of ketones is 1. The number of carbonyl (C=O) groups excluding carboxylic acids is 2. The standard InChI is InChI=1S/C21H25NO4/c1-21(2,3)26-20(24)22-18(15-8-6-5-7-9-15)14-19(23)16-10-12-17(25-4)13-11-16/h5-13,18H,14H2,1-4H3,(H,22,24)/t18-/m1/s1. The van der Waals surface area contributed by atoms with E-state index in [0.29, 0.717) is 11.3 Å². The molecule has 0 aliphatic carbocycles. The Hall–Kier alpha value is -2.82. The zero-order chi connectivity index (χ0) is 19.2. The van der Waals surface area contributed by atoms with Crippen LogP contribution in [0.5, 0.6) is 5.75 Å². The minimum Gasteiger partial charge on any atom is -0.497 e. The molecule has 1 N–H and O–H groups in total. The zero-order valence-corrected chi connectivity index (χ0v) is 15.6. The maximum atomic E-state index is 12.7. The number of benzene rings is 2. The van der Waals surface area contributed by atoms with Gasteiger partial charge in [-0.15, -0.1) is 0 Å². The van der Waals surface area contributed by atoms with Gasteiger partial charge in [0.15, 0.2) is 5.78 Å². The summed E-state index contributed by atoms with van der Waals surface area (Å²) >= 11 is 0. The molecule has 2 rings (SSSR count). The molecule has 1 amide bonds. The van der Waals surface area contributed by atoms with Crippen molar-refractivity contribution in [3.05, 3.63) is 65.7 Å². The number of ether oxygens (including phenoxy) is 2. The number of nitrogens with one attached hydrogen (secondary N) is 1. The molecular formula is C21H25NO4. The van der Waals surface area contributed by atoms with E-state index in [1.165, 1.54) is 0 Å². The second kappa shape index (κ2) is 8.52. The fourth-order valence-electron chi connectivity index (χ4n) is 2.47. The quantitative estimate of drug-likeness (QED) is 0.773. The number of alkyl carbamates (subject to hydrolysis) is 1. The minimum atomic E-state index is -0.606. The molecule has 5 nitrogen and oxygen atoms in total. The van der Waals surface area contributed by atoms with Crippen molar-refractivity contribution in [3.63, 3.8) is 0 Å². The van der Waals surface area contributed by atoms with Gasteiger partial charge in [-0.25, -0.2) is 4.79 Å². The lowest BCUT2D eigenvalue weighted by molar-refractivity contribution is 0.0501. The molecule has 0 saturated carbocycles. The Balaban J connectivity index is 2.15. The van der Waals surface area contributed by atoms with Crippen molar-refractivity contribution >= 4 is 11.9 Å². The fraction of sp³-hybridized carbons (Fsp3) is 0.333. The van der Waals surface area contributed by atoms with Crippen LogP contribution in [-0.4, -0.2) is 24.6 Å². The second-order valence-electron chi connectivity index (χ2n) is 6.97. The van der Waals surface area contributed by atoms with Crippen molar-refractivity contribution in [2.24, 2.45) is 0 Å². The maximum absolute atomic E-state index is 12.7. The van der Waals surface area contributed by atoms with Crippen LogP contribution in [0.1, 0.15) is 49.2 Å². The number of rotatable bonds is 6. The van der Waals surface area contributed by atoms with Gasteiger partial charge in [-0.1, -0.05) is 30.3 Å². The highest BCUT2D eigenvalue weighted by Crippen LogP contribution is 2.21. The number of methoxy groups -OCH3 is 1. The lowest BCUT2D eigenvalue weighted by atomic mass is 9.98. The first-order valence-electron chi connectivity index (χ1n) is 8.50. The van der Waals surface area contributed by atoms with Gasteiger partial charge in [-0.2, -0.15) is 0 Å². The third kappa shape index (κ3) is 5.92. The molecule has 0 radical (unpaired) electrons. The predicted octanol–water partition coefficient (Wildman–Crippen LogP) is 4.53. The Labute approximate surface area is 154 Å². The van der Waals surface area contributed by atoms with Crippen molar-refractivity contribution in [1.29, 1.82) is 0 Å². The highest BCUT2D eigenvalue weighted by atomic mass is 16.6. The summed E-state index contributed by atoms with van der Waals surface area (Å²) in [4.78, 5) is 24.8. The summed E-state index contributed by atoms with van der Waals surface area (Å²) in [6.07, 6.45) is -0.413. The molecule has 0 fully saturated rings. The van der Waals surface area contributed by atoms with Crippen LogP contribution >= 0.6 is 0 Å². The Kier molecular flexibility index (Phi) is 6.39. The first-order valence-corrected chi connectivity index (χ1v) is 8.50. The van der Waals surface area contributed by atoms with Gasteiger partial charge in [0.05, 0.1) is 13.2 Å². The smallest absolute Gasteiger partial charge is 0.408 e. The molecule has 0 aliphatic heterocycles. The Morgan fingerprint density at radius 1 is 1.00 bits per heavy atom. The summed E-state index contributed by atoms with van der Waals surface area (Å²) in [7, 11) is 1.58. The Bertz CT molecular complexity index is 733. The largest absolute Gasteiger partial charge is 0.497 e. The molecule has 5 heteroatoms. The molecule has 2 aromatic carbocycles. The lowest BCUT2D eigenvalue weighted by Gasteiger charge is -2.23. The van der Waals surface area contributed by atoms with Gasteiger partial charge >= 0.3 is 6.09 Å². The molecule has 0 unspecified atom stereocenters. The normalized spacial score (nSPS) is 12.2. The van der Waals surface area contributed by atoms with E-state index >= 15 is 0 Å². The third-order valence-electron chi connectivity index (χ3n) is 3.69. The van der Waals surface area contributed by atoms with E-state index in [4.69, 9.17) is 9.47 Å². The topological polar surface area (TPSA) is 64.6 Å².